The minimum atomic E-state index is 0.0658. The lowest BCUT2D eigenvalue weighted by Crippen LogP contribution is -2.44. The summed E-state index contributed by atoms with van der Waals surface area (Å²) in [6.07, 6.45) is 0.616. The van der Waals surface area contributed by atoms with Crippen molar-refractivity contribution in [3.05, 3.63) is 29.8 Å². The molecule has 142 valence electrons. The van der Waals surface area contributed by atoms with Crippen molar-refractivity contribution < 1.29 is 9.53 Å². The molecule has 1 aromatic rings. The highest BCUT2D eigenvalue weighted by Gasteiger charge is 2.25. The molecule has 0 bridgehead atoms. The summed E-state index contributed by atoms with van der Waals surface area (Å²) in [5.74, 6) is 0.977. The fourth-order valence-corrected chi connectivity index (χ4v) is 3.42. The number of ether oxygens (including phenoxy) is 1. The Bertz CT molecular complexity index is 649. The number of guanidine groups is 1. The Kier molecular flexibility index (Phi) is 6.46. The normalized spacial score (nSPS) is 23.9. The number of hydrogen-bond donors (Lipinski definition) is 3. The van der Waals surface area contributed by atoms with Gasteiger partial charge in [-0.05, 0) is 25.6 Å². The van der Waals surface area contributed by atoms with Crippen LogP contribution in [0.15, 0.2) is 29.3 Å². The number of rotatable bonds is 5. The van der Waals surface area contributed by atoms with Gasteiger partial charge in [-0.3, -0.25) is 9.79 Å². The first-order chi connectivity index (χ1) is 12.7. The van der Waals surface area contributed by atoms with Crippen LogP contribution in [-0.2, 0) is 9.53 Å². The molecule has 3 N–H and O–H groups in total. The topological polar surface area (TPSA) is 78.0 Å². The second-order valence-corrected chi connectivity index (χ2v) is 6.89. The number of anilines is 1. The lowest BCUT2D eigenvalue weighted by molar-refractivity contribution is -0.116. The van der Waals surface area contributed by atoms with E-state index in [2.05, 4.69) is 39.0 Å². The van der Waals surface area contributed by atoms with Crippen LogP contribution in [0, 0.1) is 0 Å². The van der Waals surface area contributed by atoms with Gasteiger partial charge >= 0.3 is 0 Å². The highest BCUT2D eigenvalue weighted by atomic mass is 16.5. The van der Waals surface area contributed by atoms with Crippen LogP contribution in [0.3, 0.4) is 0 Å². The molecule has 1 amide bonds. The standard InChI is InChI=1S/C19H29N5O2/c1-3-20-19(22-12-15-13-24(2)8-9-26-15)21-11-14-10-18(25)23-17-7-5-4-6-16(14)17/h4-7,14-15H,3,8-13H2,1-2H3,(H,23,25)(H2,20,21,22). The maximum atomic E-state index is 12.0. The van der Waals surface area contributed by atoms with Crippen molar-refractivity contribution in [3.63, 3.8) is 0 Å². The molecule has 2 unspecified atom stereocenters. The van der Waals surface area contributed by atoms with Crippen molar-refractivity contribution in [1.29, 1.82) is 0 Å². The molecule has 1 aromatic carbocycles. The number of benzene rings is 1. The number of amides is 1. The van der Waals surface area contributed by atoms with Crippen molar-refractivity contribution in [2.45, 2.75) is 25.4 Å². The van der Waals surface area contributed by atoms with Gasteiger partial charge in [0.05, 0.1) is 19.3 Å². The monoisotopic (exact) mass is 359 g/mol. The minimum absolute atomic E-state index is 0.0658. The number of nitrogens with one attached hydrogen (secondary N) is 3. The molecule has 0 aromatic heterocycles. The fourth-order valence-electron chi connectivity index (χ4n) is 3.42. The van der Waals surface area contributed by atoms with Crippen molar-refractivity contribution >= 4 is 17.6 Å². The van der Waals surface area contributed by atoms with E-state index < -0.39 is 0 Å². The lowest BCUT2D eigenvalue weighted by atomic mass is 9.90. The Hall–Kier alpha value is -2.12. The second-order valence-electron chi connectivity index (χ2n) is 6.89. The molecule has 7 heteroatoms. The molecule has 1 fully saturated rings. The Labute approximate surface area is 155 Å². The van der Waals surface area contributed by atoms with Crippen LogP contribution in [0.5, 0.6) is 0 Å². The fraction of sp³-hybridized carbons (Fsp3) is 0.579. The zero-order chi connectivity index (χ0) is 18.4. The number of carbonyl (C=O) groups is 1. The van der Waals surface area contributed by atoms with E-state index in [1.165, 1.54) is 5.56 Å². The van der Waals surface area contributed by atoms with Crippen molar-refractivity contribution in [3.8, 4) is 0 Å². The third-order valence-corrected chi connectivity index (χ3v) is 4.76. The van der Waals surface area contributed by atoms with Gasteiger partial charge < -0.3 is 25.6 Å². The summed E-state index contributed by atoms with van der Waals surface area (Å²) < 4.78 is 5.77. The average Bonchev–Trinajstić information content (AvgIpc) is 2.63. The quantitative estimate of drug-likeness (QED) is 0.540. The molecule has 0 radical (unpaired) electrons. The van der Waals surface area contributed by atoms with Crippen LogP contribution >= 0.6 is 0 Å². The molecular formula is C19H29N5O2. The summed E-state index contributed by atoms with van der Waals surface area (Å²) in [5.41, 5.74) is 2.09. The molecule has 2 aliphatic heterocycles. The Morgan fingerprint density at radius 1 is 1.38 bits per heavy atom. The molecule has 0 saturated carbocycles. The smallest absolute Gasteiger partial charge is 0.225 e. The highest BCUT2D eigenvalue weighted by molar-refractivity contribution is 5.94. The summed E-state index contributed by atoms with van der Waals surface area (Å²) >= 11 is 0. The van der Waals surface area contributed by atoms with E-state index in [0.29, 0.717) is 19.5 Å². The molecular weight excluding hydrogens is 330 g/mol. The summed E-state index contributed by atoms with van der Waals surface area (Å²) in [6, 6.07) is 7.99. The number of nitrogens with zero attached hydrogens (tertiary/aromatic N) is 2. The van der Waals surface area contributed by atoms with Gasteiger partial charge in [-0.2, -0.15) is 0 Å². The third-order valence-electron chi connectivity index (χ3n) is 4.76. The Morgan fingerprint density at radius 3 is 3.04 bits per heavy atom. The van der Waals surface area contributed by atoms with Crippen molar-refractivity contribution in [2.24, 2.45) is 4.99 Å². The molecule has 2 atom stereocenters. The summed E-state index contributed by atoms with van der Waals surface area (Å²) in [7, 11) is 2.11. The van der Waals surface area contributed by atoms with Crippen LogP contribution in [0.1, 0.15) is 24.8 Å². The maximum Gasteiger partial charge on any atom is 0.225 e. The zero-order valence-corrected chi connectivity index (χ0v) is 15.6. The van der Waals surface area contributed by atoms with Crippen molar-refractivity contribution in [1.82, 2.24) is 15.5 Å². The Balaban J connectivity index is 1.60. The SMILES string of the molecule is CCNC(=NCC1CN(C)CCO1)NCC1CC(=O)Nc2ccccc21. The molecule has 0 aliphatic carbocycles. The molecule has 7 nitrogen and oxygen atoms in total. The van der Waals surface area contributed by atoms with Gasteiger partial charge in [0.2, 0.25) is 5.91 Å². The molecule has 1 saturated heterocycles. The van der Waals surface area contributed by atoms with Gasteiger partial charge in [0, 0.05) is 44.2 Å². The number of carbonyl (C=O) groups excluding carboxylic acids is 1. The van der Waals surface area contributed by atoms with E-state index in [1.54, 1.807) is 0 Å². The number of fused-ring (bicyclic) bond motifs is 1. The van der Waals surface area contributed by atoms with Gasteiger partial charge in [0.25, 0.3) is 0 Å². The van der Waals surface area contributed by atoms with E-state index >= 15 is 0 Å². The van der Waals surface area contributed by atoms with Crippen molar-refractivity contribution in [2.75, 3.05) is 51.7 Å². The number of morpholine rings is 1. The average molecular weight is 359 g/mol. The second kappa shape index (κ2) is 9.00. The van der Waals surface area contributed by atoms with Crippen LogP contribution in [0.25, 0.3) is 0 Å². The highest BCUT2D eigenvalue weighted by Crippen LogP contribution is 2.31. The molecule has 2 heterocycles. The van der Waals surface area contributed by atoms with E-state index in [9.17, 15) is 4.79 Å². The van der Waals surface area contributed by atoms with Crippen LogP contribution in [0.2, 0.25) is 0 Å². The molecule has 26 heavy (non-hydrogen) atoms. The first kappa shape index (κ1) is 18.7. The largest absolute Gasteiger partial charge is 0.374 e. The van der Waals surface area contributed by atoms with E-state index in [1.807, 2.05) is 25.1 Å². The lowest BCUT2D eigenvalue weighted by Gasteiger charge is -2.29. The van der Waals surface area contributed by atoms with E-state index in [0.717, 1.165) is 37.9 Å². The maximum absolute atomic E-state index is 12.0. The number of aliphatic imine (C=N–C) groups is 1. The molecule has 2 aliphatic rings. The van der Waals surface area contributed by atoms with Crippen LogP contribution in [0.4, 0.5) is 5.69 Å². The van der Waals surface area contributed by atoms with E-state index in [4.69, 9.17) is 4.74 Å². The van der Waals surface area contributed by atoms with Gasteiger partial charge in [-0.1, -0.05) is 18.2 Å². The Morgan fingerprint density at radius 2 is 2.23 bits per heavy atom. The first-order valence-electron chi connectivity index (χ1n) is 9.36. The molecule has 3 rings (SSSR count). The number of hydrogen-bond acceptors (Lipinski definition) is 4. The van der Waals surface area contributed by atoms with Gasteiger partial charge in [-0.15, -0.1) is 0 Å². The molecule has 0 spiro atoms. The van der Waals surface area contributed by atoms with E-state index in [-0.39, 0.29) is 17.9 Å². The number of para-hydroxylation sites is 1. The van der Waals surface area contributed by atoms with Gasteiger partial charge in [0.1, 0.15) is 0 Å². The zero-order valence-electron chi connectivity index (χ0n) is 15.6. The summed E-state index contributed by atoms with van der Waals surface area (Å²) in [4.78, 5) is 18.9. The first-order valence-corrected chi connectivity index (χ1v) is 9.36. The van der Waals surface area contributed by atoms with Gasteiger partial charge in [-0.25, -0.2) is 0 Å². The predicted molar refractivity (Wildman–Crippen MR) is 104 cm³/mol. The summed E-state index contributed by atoms with van der Waals surface area (Å²) in [6.45, 7) is 6.77. The van der Waals surface area contributed by atoms with Crippen LogP contribution in [-0.4, -0.2) is 69.2 Å². The predicted octanol–water partition coefficient (Wildman–Crippen LogP) is 0.998. The summed E-state index contributed by atoms with van der Waals surface area (Å²) in [5, 5.41) is 9.61. The number of likely N-dealkylation sites (N-methyl/N-ethyl adjacent to an activating group) is 1. The van der Waals surface area contributed by atoms with Crippen LogP contribution < -0.4 is 16.0 Å². The van der Waals surface area contributed by atoms with Gasteiger partial charge in [0.15, 0.2) is 5.96 Å². The minimum Gasteiger partial charge on any atom is -0.374 e. The third kappa shape index (κ3) is 4.95.